The number of anilines is 1. The number of carbonyl (C=O) groups is 1. The first-order chi connectivity index (χ1) is 16.1. The first-order valence-electron chi connectivity index (χ1n) is 11.9. The van der Waals surface area contributed by atoms with Gasteiger partial charge in [0.1, 0.15) is 0 Å². The molecule has 1 fully saturated rings. The summed E-state index contributed by atoms with van der Waals surface area (Å²) in [6, 6.07) is 18.2. The lowest BCUT2D eigenvalue weighted by Crippen LogP contribution is -2.30. The van der Waals surface area contributed by atoms with E-state index in [2.05, 4.69) is 23.1 Å². The first kappa shape index (κ1) is 22.7. The van der Waals surface area contributed by atoms with E-state index in [0.717, 1.165) is 48.3 Å². The Morgan fingerprint density at radius 2 is 1.76 bits per heavy atom. The zero-order valence-corrected chi connectivity index (χ0v) is 19.6. The lowest BCUT2D eigenvalue weighted by molar-refractivity contribution is 0.0773. The summed E-state index contributed by atoms with van der Waals surface area (Å²) in [6.07, 6.45) is 6.87. The first-order valence-corrected chi connectivity index (χ1v) is 11.9. The Balaban J connectivity index is 1.77. The zero-order valence-electron chi connectivity index (χ0n) is 19.6. The van der Waals surface area contributed by atoms with Crippen molar-refractivity contribution in [3.8, 4) is 0 Å². The maximum Gasteiger partial charge on any atom is 0.253 e. The number of furan rings is 1. The van der Waals surface area contributed by atoms with Crippen molar-refractivity contribution in [3.63, 3.8) is 0 Å². The fourth-order valence-electron chi connectivity index (χ4n) is 4.62. The third-order valence-electron chi connectivity index (χ3n) is 6.36. The molecule has 4 rings (SSSR count). The van der Waals surface area contributed by atoms with Crippen LogP contribution in [0.5, 0.6) is 0 Å². The monoisotopic (exact) mass is 443 g/mol. The summed E-state index contributed by atoms with van der Waals surface area (Å²) in [5, 5.41) is 0. The van der Waals surface area contributed by atoms with Crippen molar-refractivity contribution in [2.45, 2.75) is 39.7 Å². The van der Waals surface area contributed by atoms with Crippen LogP contribution in [0, 0.1) is 0 Å². The normalized spacial score (nSPS) is 15.4. The molecule has 172 valence electrons. The number of nitrogens with two attached hydrogens (primary N) is 1. The minimum Gasteiger partial charge on any atom is -0.472 e. The average Bonchev–Trinajstić information content (AvgIpc) is 3.35. The molecule has 1 aliphatic rings. The predicted molar refractivity (Wildman–Crippen MR) is 134 cm³/mol. The number of piperidine rings is 1. The molecule has 0 unspecified atom stereocenters. The third-order valence-corrected chi connectivity index (χ3v) is 6.36. The largest absolute Gasteiger partial charge is 0.472 e. The highest BCUT2D eigenvalue weighted by Gasteiger charge is 2.22. The Bertz CT molecular complexity index is 1100. The van der Waals surface area contributed by atoms with Gasteiger partial charge in [0.25, 0.3) is 5.91 Å². The highest BCUT2D eigenvalue weighted by Crippen LogP contribution is 2.35. The van der Waals surface area contributed by atoms with Gasteiger partial charge in [0.2, 0.25) is 0 Å². The maximum atomic E-state index is 12.8. The van der Waals surface area contributed by atoms with Gasteiger partial charge in [-0.1, -0.05) is 24.3 Å². The Morgan fingerprint density at radius 1 is 1.00 bits per heavy atom. The topological polar surface area (TPSA) is 62.7 Å². The minimum absolute atomic E-state index is 0.0731. The molecule has 2 heterocycles. The van der Waals surface area contributed by atoms with Crippen LogP contribution < -0.4 is 5.73 Å². The van der Waals surface area contributed by atoms with E-state index in [1.165, 1.54) is 23.3 Å². The molecule has 0 aliphatic carbocycles. The van der Waals surface area contributed by atoms with Crippen LogP contribution in [0.15, 0.2) is 77.2 Å². The number of likely N-dealkylation sites (tertiary alicyclic amines) is 1. The van der Waals surface area contributed by atoms with E-state index in [0.29, 0.717) is 13.1 Å². The van der Waals surface area contributed by atoms with Crippen LogP contribution >= 0.6 is 0 Å². The van der Waals surface area contributed by atoms with E-state index < -0.39 is 0 Å². The SMILES string of the molecule is CCN(CC)C(=O)c1ccc(/C(=C2\CCCCN2Cc2ccoc2)c2cccc(N)c2)cc1. The highest BCUT2D eigenvalue weighted by atomic mass is 16.3. The van der Waals surface area contributed by atoms with Crippen molar-refractivity contribution in [2.75, 3.05) is 25.4 Å². The Labute approximate surface area is 196 Å². The van der Waals surface area contributed by atoms with Gasteiger partial charge < -0.3 is 20.0 Å². The molecule has 1 saturated heterocycles. The second kappa shape index (κ2) is 10.4. The van der Waals surface area contributed by atoms with E-state index in [1.54, 1.807) is 6.26 Å². The van der Waals surface area contributed by atoms with Gasteiger partial charge in [0.05, 0.1) is 12.5 Å². The van der Waals surface area contributed by atoms with Crippen molar-refractivity contribution in [1.29, 1.82) is 0 Å². The zero-order chi connectivity index (χ0) is 23.2. The maximum absolute atomic E-state index is 12.8. The van der Waals surface area contributed by atoms with Crippen LogP contribution in [0.25, 0.3) is 5.57 Å². The van der Waals surface area contributed by atoms with Crippen molar-refractivity contribution in [1.82, 2.24) is 9.80 Å². The molecule has 5 heteroatoms. The number of rotatable bonds is 7. The van der Waals surface area contributed by atoms with Gasteiger partial charge in [0.15, 0.2) is 0 Å². The molecule has 0 spiro atoms. The smallest absolute Gasteiger partial charge is 0.253 e. The second-order valence-electron chi connectivity index (χ2n) is 8.51. The second-order valence-corrected chi connectivity index (χ2v) is 8.51. The molecule has 1 aromatic heterocycles. The number of hydrogen-bond donors (Lipinski definition) is 1. The number of nitrogens with zero attached hydrogens (tertiary/aromatic N) is 2. The number of carbonyl (C=O) groups excluding carboxylic acids is 1. The molecule has 0 saturated carbocycles. The van der Waals surface area contributed by atoms with Crippen molar-refractivity contribution in [3.05, 3.63) is 95.1 Å². The van der Waals surface area contributed by atoms with Gasteiger partial charge in [0, 0.05) is 54.3 Å². The van der Waals surface area contributed by atoms with Crippen molar-refractivity contribution < 1.29 is 9.21 Å². The molecule has 0 radical (unpaired) electrons. The number of hydrogen-bond acceptors (Lipinski definition) is 4. The standard InChI is InChI=1S/C28H33N3O2/c1-3-30(4-2)28(32)23-13-11-22(12-14-23)27(24-8-7-9-25(29)18-24)26-10-5-6-16-31(26)19-21-15-17-33-20-21/h7-9,11-15,17-18,20H,3-6,10,16,19,29H2,1-2H3/b27-26-. The molecule has 5 nitrogen and oxygen atoms in total. The van der Waals surface area contributed by atoms with Crippen molar-refractivity contribution >= 4 is 17.2 Å². The van der Waals surface area contributed by atoms with Crippen LogP contribution in [0.1, 0.15) is 60.2 Å². The van der Waals surface area contributed by atoms with Crippen LogP contribution in [0.3, 0.4) is 0 Å². The Morgan fingerprint density at radius 3 is 2.42 bits per heavy atom. The van der Waals surface area contributed by atoms with Crippen LogP contribution in [-0.2, 0) is 6.54 Å². The molecule has 2 aromatic carbocycles. The molecule has 2 N–H and O–H groups in total. The summed E-state index contributed by atoms with van der Waals surface area (Å²) < 4.78 is 5.31. The molecule has 0 bridgehead atoms. The van der Waals surface area contributed by atoms with E-state index >= 15 is 0 Å². The summed E-state index contributed by atoms with van der Waals surface area (Å²) in [7, 11) is 0. The van der Waals surface area contributed by atoms with E-state index in [1.807, 2.05) is 61.4 Å². The number of amides is 1. The lowest BCUT2D eigenvalue weighted by atomic mass is 9.90. The summed E-state index contributed by atoms with van der Waals surface area (Å²) >= 11 is 0. The van der Waals surface area contributed by atoms with Gasteiger partial charge in [-0.2, -0.15) is 0 Å². The van der Waals surface area contributed by atoms with Gasteiger partial charge in [-0.05, 0) is 74.6 Å². The van der Waals surface area contributed by atoms with Gasteiger partial charge in [-0.15, -0.1) is 0 Å². The fraction of sp³-hybridized carbons (Fsp3) is 0.321. The summed E-state index contributed by atoms with van der Waals surface area (Å²) in [5.41, 5.74) is 13.5. The summed E-state index contributed by atoms with van der Waals surface area (Å²) in [5.74, 6) is 0.0731. The molecule has 3 aromatic rings. The summed E-state index contributed by atoms with van der Waals surface area (Å²) in [6.45, 7) is 7.25. The van der Waals surface area contributed by atoms with Crippen molar-refractivity contribution in [2.24, 2.45) is 0 Å². The van der Waals surface area contributed by atoms with Crippen LogP contribution in [0.2, 0.25) is 0 Å². The predicted octanol–water partition coefficient (Wildman–Crippen LogP) is 5.79. The average molecular weight is 444 g/mol. The molecule has 1 amide bonds. The van der Waals surface area contributed by atoms with Crippen LogP contribution in [0.4, 0.5) is 5.69 Å². The van der Waals surface area contributed by atoms with E-state index in [-0.39, 0.29) is 5.91 Å². The quantitative estimate of drug-likeness (QED) is 0.470. The molecular formula is C28H33N3O2. The van der Waals surface area contributed by atoms with E-state index in [4.69, 9.17) is 10.2 Å². The molecular weight excluding hydrogens is 410 g/mol. The van der Waals surface area contributed by atoms with E-state index in [9.17, 15) is 4.79 Å². The molecule has 33 heavy (non-hydrogen) atoms. The number of nitrogen functional groups attached to an aromatic ring is 1. The molecule has 1 aliphatic heterocycles. The Hall–Kier alpha value is -3.47. The van der Waals surface area contributed by atoms with Gasteiger partial charge >= 0.3 is 0 Å². The third kappa shape index (κ3) is 5.14. The van der Waals surface area contributed by atoms with Crippen LogP contribution in [-0.4, -0.2) is 35.3 Å². The van der Waals surface area contributed by atoms with Gasteiger partial charge in [-0.3, -0.25) is 4.79 Å². The minimum atomic E-state index is 0.0731. The summed E-state index contributed by atoms with van der Waals surface area (Å²) in [4.78, 5) is 17.1. The van der Waals surface area contributed by atoms with Gasteiger partial charge in [-0.25, -0.2) is 0 Å². The lowest BCUT2D eigenvalue weighted by Gasteiger charge is -2.34. The fourth-order valence-corrected chi connectivity index (χ4v) is 4.62. The molecule has 0 atom stereocenters. The number of benzene rings is 2. The Kier molecular flexibility index (Phi) is 7.18. The number of allylic oxidation sites excluding steroid dienone is 1. The highest BCUT2D eigenvalue weighted by molar-refractivity contribution is 5.95.